The molecule has 17 heavy (non-hydrogen) atoms. The summed E-state index contributed by atoms with van der Waals surface area (Å²) in [6.07, 6.45) is -2.41. The smallest absolute Gasteiger partial charge is 0.408 e. The molecule has 0 bridgehead atoms. The van der Waals surface area contributed by atoms with Crippen molar-refractivity contribution in [3.8, 4) is 0 Å². The molecule has 1 aliphatic heterocycles. The van der Waals surface area contributed by atoms with Crippen LogP contribution in [0.25, 0.3) is 0 Å². The molecule has 1 saturated heterocycles. The predicted octanol–water partition coefficient (Wildman–Crippen LogP) is 2.26. The number of alkyl halides is 1. The maximum Gasteiger partial charge on any atom is 0.408 e. The van der Waals surface area contributed by atoms with Gasteiger partial charge in [0, 0.05) is 5.56 Å². The van der Waals surface area contributed by atoms with E-state index in [4.69, 9.17) is 5.11 Å². The van der Waals surface area contributed by atoms with Gasteiger partial charge in [-0.2, -0.15) is 0 Å². The van der Waals surface area contributed by atoms with Crippen LogP contribution in [0.2, 0.25) is 0 Å². The van der Waals surface area contributed by atoms with Crippen LogP contribution in [-0.2, 0) is 0 Å². The number of rotatable bonds is 2. The Morgan fingerprint density at radius 2 is 2.06 bits per heavy atom. The first-order chi connectivity index (χ1) is 8.02. The number of carboxylic acid groups (broad SMARTS) is 1. The molecule has 1 N–H and O–H groups in total. The monoisotopic (exact) mass is 237 g/mol. The molecule has 2 atom stereocenters. The number of Topliss-reactive ketones (excluding diaryl/α,β-unsaturated/α-hetero) is 1. The lowest BCUT2D eigenvalue weighted by molar-refractivity contribution is 0.000368. The van der Waals surface area contributed by atoms with E-state index in [-0.39, 0.29) is 12.3 Å². The minimum Gasteiger partial charge on any atom is -0.465 e. The summed E-state index contributed by atoms with van der Waals surface area (Å²) in [6.45, 7) is 1.25. The molecule has 0 aliphatic carbocycles. The van der Waals surface area contributed by atoms with Gasteiger partial charge in [0.05, 0.1) is 12.6 Å². The molecule has 1 heterocycles. The van der Waals surface area contributed by atoms with Gasteiger partial charge in [-0.15, -0.1) is 0 Å². The summed E-state index contributed by atoms with van der Waals surface area (Å²) in [6, 6.07) is 5.68. The van der Waals surface area contributed by atoms with Crippen molar-refractivity contribution in [3.05, 3.63) is 35.4 Å². The molecule has 2 unspecified atom stereocenters. The third-order valence-corrected chi connectivity index (χ3v) is 2.95. The fourth-order valence-corrected chi connectivity index (χ4v) is 2.09. The first kappa shape index (κ1) is 11.6. The van der Waals surface area contributed by atoms with Crippen LogP contribution < -0.4 is 0 Å². The molecule has 1 aromatic carbocycles. The van der Waals surface area contributed by atoms with Crippen LogP contribution in [0.5, 0.6) is 0 Å². The van der Waals surface area contributed by atoms with Crippen LogP contribution in [0.1, 0.15) is 28.9 Å². The zero-order valence-corrected chi connectivity index (χ0v) is 9.26. The molecule has 0 spiro atoms. The molecule has 1 fully saturated rings. The van der Waals surface area contributed by atoms with E-state index in [0.717, 1.165) is 4.90 Å². The SMILES string of the molecule is CC(=O)c1ccccc1C1C(F)CN1C(=O)O. The van der Waals surface area contributed by atoms with Crippen LogP contribution in [-0.4, -0.2) is 34.6 Å². The fourth-order valence-electron chi connectivity index (χ4n) is 2.09. The van der Waals surface area contributed by atoms with Crippen molar-refractivity contribution in [1.82, 2.24) is 4.90 Å². The average Bonchev–Trinajstić information content (AvgIpc) is 2.25. The molecule has 1 aromatic rings. The number of hydrogen-bond acceptors (Lipinski definition) is 2. The molecule has 1 aliphatic rings. The normalized spacial score (nSPS) is 23.1. The Kier molecular flexibility index (Phi) is 2.83. The summed E-state index contributed by atoms with van der Waals surface area (Å²) >= 11 is 0. The number of likely N-dealkylation sites (tertiary alicyclic amines) is 1. The quantitative estimate of drug-likeness (QED) is 0.802. The number of carbonyl (C=O) groups excluding carboxylic acids is 1. The second-order valence-electron chi connectivity index (χ2n) is 4.04. The summed E-state index contributed by atoms with van der Waals surface area (Å²) in [5.41, 5.74) is 0.826. The highest BCUT2D eigenvalue weighted by Gasteiger charge is 2.44. The zero-order chi connectivity index (χ0) is 12.6. The number of hydrogen-bond donors (Lipinski definition) is 1. The number of carbonyl (C=O) groups is 2. The molecule has 2 rings (SSSR count). The van der Waals surface area contributed by atoms with E-state index in [2.05, 4.69) is 0 Å². The Morgan fingerprint density at radius 3 is 2.59 bits per heavy atom. The zero-order valence-electron chi connectivity index (χ0n) is 9.26. The lowest BCUT2D eigenvalue weighted by Crippen LogP contribution is -2.54. The summed E-state index contributed by atoms with van der Waals surface area (Å²) in [5.74, 6) is -0.190. The van der Waals surface area contributed by atoms with Crippen molar-refractivity contribution in [3.63, 3.8) is 0 Å². The average molecular weight is 237 g/mol. The maximum absolute atomic E-state index is 13.5. The topological polar surface area (TPSA) is 57.6 Å². The Labute approximate surface area is 97.7 Å². The van der Waals surface area contributed by atoms with Gasteiger partial charge in [-0.3, -0.25) is 9.69 Å². The summed E-state index contributed by atoms with van der Waals surface area (Å²) < 4.78 is 13.5. The molecule has 5 heteroatoms. The van der Waals surface area contributed by atoms with E-state index < -0.39 is 18.3 Å². The van der Waals surface area contributed by atoms with Gasteiger partial charge in [-0.1, -0.05) is 24.3 Å². The number of nitrogens with zero attached hydrogens (tertiary/aromatic N) is 1. The molecule has 0 saturated carbocycles. The fraction of sp³-hybridized carbons (Fsp3) is 0.333. The van der Waals surface area contributed by atoms with Crippen LogP contribution in [0, 0.1) is 0 Å². The summed E-state index contributed by atoms with van der Waals surface area (Å²) in [7, 11) is 0. The highest BCUT2D eigenvalue weighted by Crippen LogP contribution is 2.37. The van der Waals surface area contributed by atoms with Crippen molar-refractivity contribution < 1.29 is 19.1 Å². The Bertz CT molecular complexity index is 475. The van der Waals surface area contributed by atoms with Crippen molar-refractivity contribution in [2.75, 3.05) is 6.54 Å². The first-order valence-corrected chi connectivity index (χ1v) is 5.26. The number of benzene rings is 1. The minimum absolute atomic E-state index is 0.133. The predicted molar refractivity (Wildman–Crippen MR) is 58.8 cm³/mol. The van der Waals surface area contributed by atoms with Crippen molar-refractivity contribution in [2.45, 2.75) is 19.1 Å². The third kappa shape index (κ3) is 1.88. The molecule has 1 amide bonds. The maximum atomic E-state index is 13.5. The molecule has 0 aromatic heterocycles. The molecule has 4 nitrogen and oxygen atoms in total. The van der Waals surface area contributed by atoms with Gasteiger partial charge < -0.3 is 5.11 Å². The van der Waals surface area contributed by atoms with Crippen molar-refractivity contribution in [2.24, 2.45) is 0 Å². The van der Waals surface area contributed by atoms with E-state index in [1.807, 2.05) is 0 Å². The molecule has 90 valence electrons. The summed E-state index contributed by atoms with van der Waals surface area (Å²) in [4.78, 5) is 23.3. The summed E-state index contributed by atoms with van der Waals surface area (Å²) in [5, 5.41) is 8.89. The van der Waals surface area contributed by atoms with Gasteiger partial charge >= 0.3 is 6.09 Å². The van der Waals surface area contributed by atoms with E-state index in [0.29, 0.717) is 11.1 Å². The van der Waals surface area contributed by atoms with Crippen LogP contribution >= 0.6 is 0 Å². The number of amides is 1. The van der Waals surface area contributed by atoms with Gasteiger partial charge in [0.25, 0.3) is 0 Å². The van der Waals surface area contributed by atoms with Gasteiger partial charge in [-0.25, -0.2) is 9.18 Å². The van der Waals surface area contributed by atoms with E-state index in [1.165, 1.54) is 6.92 Å². The second kappa shape index (κ2) is 4.16. The number of halogens is 1. The lowest BCUT2D eigenvalue weighted by atomic mass is 9.89. The molecular formula is C12H12FNO3. The van der Waals surface area contributed by atoms with E-state index in [9.17, 15) is 14.0 Å². The van der Waals surface area contributed by atoms with Gasteiger partial charge in [-0.05, 0) is 12.5 Å². The van der Waals surface area contributed by atoms with Crippen molar-refractivity contribution >= 4 is 11.9 Å². The standard InChI is InChI=1S/C12H12FNO3/c1-7(15)8-4-2-3-5-9(8)11-10(13)6-14(11)12(16)17/h2-5,10-11H,6H2,1H3,(H,16,17). The van der Waals surface area contributed by atoms with Crippen molar-refractivity contribution in [1.29, 1.82) is 0 Å². The first-order valence-electron chi connectivity index (χ1n) is 5.26. The second-order valence-corrected chi connectivity index (χ2v) is 4.04. The van der Waals surface area contributed by atoms with Crippen LogP contribution in [0.15, 0.2) is 24.3 Å². The Hall–Kier alpha value is -1.91. The Balaban J connectivity index is 2.39. The lowest BCUT2D eigenvalue weighted by Gasteiger charge is -2.42. The largest absolute Gasteiger partial charge is 0.465 e. The van der Waals surface area contributed by atoms with Gasteiger partial charge in [0.2, 0.25) is 0 Å². The Morgan fingerprint density at radius 1 is 1.41 bits per heavy atom. The molecular weight excluding hydrogens is 225 g/mol. The van der Waals surface area contributed by atoms with Gasteiger partial charge in [0.1, 0.15) is 6.17 Å². The minimum atomic E-state index is -1.24. The third-order valence-electron chi connectivity index (χ3n) is 2.95. The van der Waals surface area contributed by atoms with Crippen LogP contribution in [0.3, 0.4) is 0 Å². The van der Waals surface area contributed by atoms with E-state index >= 15 is 0 Å². The highest BCUT2D eigenvalue weighted by molar-refractivity contribution is 5.95. The highest BCUT2D eigenvalue weighted by atomic mass is 19.1. The van der Waals surface area contributed by atoms with Crippen LogP contribution in [0.4, 0.5) is 9.18 Å². The van der Waals surface area contributed by atoms with Gasteiger partial charge in [0.15, 0.2) is 5.78 Å². The van der Waals surface area contributed by atoms with E-state index in [1.54, 1.807) is 24.3 Å². The molecule has 0 radical (unpaired) electrons. The number of ketones is 1.